The normalized spacial score (nSPS) is 10.8. The Kier molecular flexibility index (Phi) is 3.86. The number of amides is 1. The van der Waals surface area contributed by atoms with Crippen LogP contribution in [0.4, 0.5) is 5.13 Å². The quantitative estimate of drug-likeness (QED) is 0.742. The van der Waals surface area contributed by atoms with Crippen molar-refractivity contribution in [1.82, 2.24) is 15.2 Å². The molecule has 2 heterocycles. The predicted molar refractivity (Wildman–Crippen MR) is 78.3 cm³/mol. The fourth-order valence-corrected chi connectivity index (χ4v) is 2.72. The molecular weight excluding hydrogens is 320 g/mol. The highest BCUT2D eigenvalue weighted by Crippen LogP contribution is 2.25. The molecule has 0 atom stereocenters. The number of rotatable bonds is 4. The summed E-state index contributed by atoms with van der Waals surface area (Å²) in [7, 11) is 0. The molecule has 3 rings (SSSR count). The van der Waals surface area contributed by atoms with Gasteiger partial charge in [-0.2, -0.15) is 0 Å². The van der Waals surface area contributed by atoms with Gasteiger partial charge in [0.1, 0.15) is 11.0 Å². The first-order chi connectivity index (χ1) is 9.70. The molecule has 0 bridgehead atoms. The van der Waals surface area contributed by atoms with Crippen LogP contribution >= 0.6 is 34.7 Å². The van der Waals surface area contributed by atoms with E-state index in [1.54, 1.807) is 23.7 Å². The van der Waals surface area contributed by atoms with Gasteiger partial charge in [0.15, 0.2) is 5.58 Å². The number of carbonyl (C=O) groups excluding carboxylic acids is 1. The Morgan fingerprint density at radius 3 is 3.20 bits per heavy atom. The molecule has 20 heavy (non-hydrogen) atoms. The molecule has 1 amide bonds. The number of nitrogens with one attached hydrogen (secondary N) is 1. The van der Waals surface area contributed by atoms with E-state index in [4.69, 9.17) is 16.0 Å². The second-order valence-electron chi connectivity index (χ2n) is 3.67. The average molecular weight is 327 g/mol. The Morgan fingerprint density at radius 2 is 2.40 bits per heavy atom. The van der Waals surface area contributed by atoms with Crippen LogP contribution < -0.4 is 5.32 Å². The zero-order valence-corrected chi connectivity index (χ0v) is 12.3. The SMILES string of the molecule is O=C(CSc1nc2cc(Cl)ccc2o1)Nc1nncs1. The summed E-state index contributed by atoms with van der Waals surface area (Å²) in [6.07, 6.45) is 0. The van der Waals surface area contributed by atoms with Crippen molar-refractivity contribution in [1.29, 1.82) is 0 Å². The van der Waals surface area contributed by atoms with Crippen LogP contribution in [-0.2, 0) is 4.79 Å². The van der Waals surface area contributed by atoms with E-state index in [-0.39, 0.29) is 11.7 Å². The maximum absolute atomic E-state index is 11.7. The largest absolute Gasteiger partial charge is 0.431 e. The number of halogens is 1. The van der Waals surface area contributed by atoms with Crippen LogP contribution in [0.25, 0.3) is 11.1 Å². The first-order valence-electron chi connectivity index (χ1n) is 5.45. The van der Waals surface area contributed by atoms with Gasteiger partial charge in [-0.15, -0.1) is 10.2 Å². The lowest BCUT2D eigenvalue weighted by Gasteiger charge is -1.97. The molecule has 3 aromatic rings. The van der Waals surface area contributed by atoms with Crippen molar-refractivity contribution in [2.45, 2.75) is 5.22 Å². The summed E-state index contributed by atoms with van der Waals surface area (Å²) < 4.78 is 5.50. The molecule has 9 heteroatoms. The summed E-state index contributed by atoms with van der Waals surface area (Å²) in [6.45, 7) is 0. The second-order valence-corrected chi connectivity index (χ2v) is 5.87. The molecule has 0 saturated heterocycles. The van der Waals surface area contributed by atoms with Gasteiger partial charge in [0.25, 0.3) is 5.22 Å². The van der Waals surface area contributed by atoms with E-state index >= 15 is 0 Å². The van der Waals surface area contributed by atoms with Gasteiger partial charge in [-0.3, -0.25) is 10.1 Å². The summed E-state index contributed by atoms with van der Waals surface area (Å²) in [5.41, 5.74) is 2.86. The Morgan fingerprint density at radius 1 is 1.50 bits per heavy atom. The van der Waals surface area contributed by atoms with E-state index < -0.39 is 0 Å². The minimum atomic E-state index is -0.188. The van der Waals surface area contributed by atoms with Gasteiger partial charge in [0.05, 0.1) is 5.75 Å². The third kappa shape index (κ3) is 3.09. The monoisotopic (exact) mass is 326 g/mol. The lowest BCUT2D eigenvalue weighted by atomic mass is 10.3. The zero-order chi connectivity index (χ0) is 13.9. The lowest BCUT2D eigenvalue weighted by Crippen LogP contribution is -2.13. The second kappa shape index (κ2) is 5.78. The number of oxazole rings is 1. The maximum Gasteiger partial charge on any atom is 0.257 e. The summed E-state index contributed by atoms with van der Waals surface area (Å²) >= 11 is 8.34. The lowest BCUT2D eigenvalue weighted by molar-refractivity contribution is -0.113. The van der Waals surface area contributed by atoms with Gasteiger partial charge in [0, 0.05) is 5.02 Å². The minimum absolute atomic E-state index is 0.181. The fraction of sp³-hybridized carbons (Fsp3) is 0.0909. The van der Waals surface area contributed by atoms with Crippen molar-refractivity contribution >= 4 is 56.8 Å². The van der Waals surface area contributed by atoms with Crippen LogP contribution in [0.1, 0.15) is 0 Å². The molecule has 0 unspecified atom stereocenters. The highest BCUT2D eigenvalue weighted by molar-refractivity contribution is 7.99. The van der Waals surface area contributed by atoms with Crippen molar-refractivity contribution < 1.29 is 9.21 Å². The van der Waals surface area contributed by atoms with Crippen molar-refractivity contribution in [2.24, 2.45) is 0 Å². The third-order valence-electron chi connectivity index (χ3n) is 2.26. The van der Waals surface area contributed by atoms with E-state index in [9.17, 15) is 4.79 Å². The first kappa shape index (κ1) is 13.3. The van der Waals surface area contributed by atoms with E-state index in [1.165, 1.54) is 23.1 Å². The number of fused-ring (bicyclic) bond motifs is 1. The summed E-state index contributed by atoms with van der Waals surface area (Å²) in [6, 6.07) is 5.19. The van der Waals surface area contributed by atoms with Crippen molar-refractivity contribution in [3.8, 4) is 0 Å². The molecule has 0 saturated carbocycles. The molecule has 0 aliphatic rings. The van der Waals surface area contributed by atoms with E-state index in [0.717, 1.165) is 0 Å². The molecule has 102 valence electrons. The molecule has 0 spiro atoms. The Labute approximate surface area is 126 Å². The van der Waals surface area contributed by atoms with Gasteiger partial charge in [0.2, 0.25) is 11.0 Å². The Bertz CT molecular complexity index is 744. The Hall–Kier alpha value is -1.64. The maximum atomic E-state index is 11.7. The number of nitrogens with zero attached hydrogens (tertiary/aromatic N) is 3. The van der Waals surface area contributed by atoms with Crippen molar-refractivity contribution in [3.63, 3.8) is 0 Å². The van der Waals surface area contributed by atoms with Crippen molar-refractivity contribution in [3.05, 3.63) is 28.7 Å². The molecule has 0 radical (unpaired) electrons. The summed E-state index contributed by atoms with van der Waals surface area (Å²) in [4.78, 5) is 15.9. The first-order valence-corrected chi connectivity index (χ1v) is 7.70. The van der Waals surface area contributed by atoms with Crippen LogP contribution in [0.5, 0.6) is 0 Å². The standard InChI is InChI=1S/C11H7ClN4O2S2/c12-6-1-2-8-7(3-6)14-11(18-8)19-4-9(17)15-10-16-13-5-20-10/h1-3,5H,4H2,(H,15,16,17). The summed E-state index contributed by atoms with van der Waals surface area (Å²) in [5, 5.41) is 11.5. The van der Waals surface area contributed by atoms with Gasteiger partial charge in [-0.25, -0.2) is 4.98 Å². The highest BCUT2D eigenvalue weighted by atomic mass is 35.5. The molecule has 1 aromatic carbocycles. The number of benzene rings is 1. The van der Waals surface area contributed by atoms with Gasteiger partial charge < -0.3 is 4.42 Å². The molecule has 6 nitrogen and oxygen atoms in total. The highest BCUT2D eigenvalue weighted by Gasteiger charge is 2.10. The van der Waals surface area contributed by atoms with Gasteiger partial charge >= 0.3 is 0 Å². The van der Waals surface area contributed by atoms with Crippen LogP contribution in [0.2, 0.25) is 5.02 Å². The third-order valence-corrected chi connectivity index (χ3v) is 3.93. The predicted octanol–water partition coefficient (Wildman–Crippen LogP) is 3.06. The number of aromatic nitrogens is 3. The number of anilines is 1. The van der Waals surface area contributed by atoms with Crippen LogP contribution in [0, 0.1) is 0 Å². The zero-order valence-electron chi connectivity index (χ0n) is 9.87. The number of thioether (sulfide) groups is 1. The van der Waals surface area contributed by atoms with Crippen LogP contribution in [0.15, 0.2) is 33.3 Å². The van der Waals surface area contributed by atoms with E-state index in [1.807, 2.05) is 0 Å². The number of hydrogen-bond acceptors (Lipinski definition) is 7. The Balaban J connectivity index is 1.63. The van der Waals surface area contributed by atoms with Crippen LogP contribution in [0.3, 0.4) is 0 Å². The molecular formula is C11H7ClN4O2S2. The molecule has 0 aliphatic heterocycles. The summed E-state index contributed by atoms with van der Waals surface area (Å²) in [5.74, 6) is -0.00724. The minimum Gasteiger partial charge on any atom is -0.431 e. The van der Waals surface area contributed by atoms with Gasteiger partial charge in [-0.1, -0.05) is 34.7 Å². The van der Waals surface area contributed by atoms with Gasteiger partial charge in [-0.05, 0) is 18.2 Å². The average Bonchev–Trinajstić information content (AvgIpc) is 3.04. The number of carbonyl (C=O) groups is 1. The smallest absolute Gasteiger partial charge is 0.257 e. The van der Waals surface area contributed by atoms with Crippen molar-refractivity contribution in [2.75, 3.05) is 11.1 Å². The fourth-order valence-electron chi connectivity index (χ4n) is 1.45. The number of hydrogen-bond donors (Lipinski definition) is 1. The molecule has 0 fully saturated rings. The topological polar surface area (TPSA) is 80.9 Å². The van der Waals surface area contributed by atoms with E-state index in [0.29, 0.717) is 26.5 Å². The molecule has 1 N–H and O–H groups in total. The molecule has 0 aliphatic carbocycles. The van der Waals surface area contributed by atoms with Crippen LogP contribution in [-0.4, -0.2) is 26.8 Å². The van der Waals surface area contributed by atoms with E-state index in [2.05, 4.69) is 20.5 Å². The molecule has 2 aromatic heterocycles.